The lowest BCUT2D eigenvalue weighted by Crippen LogP contribution is -2.30. The van der Waals surface area contributed by atoms with E-state index in [1.54, 1.807) is 0 Å². The topological polar surface area (TPSA) is 78.9 Å². The predicted molar refractivity (Wildman–Crippen MR) is 316 cm³/mol. The van der Waals surface area contributed by atoms with Gasteiger partial charge in [0.25, 0.3) is 0 Å². The normalized spacial score (nSPS) is 12.5. The second-order valence-electron chi connectivity index (χ2n) is 20.9. The van der Waals surface area contributed by atoms with Crippen molar-refractivity contribution in [2.24, 2.45) is 0 Å². The fourth-order valence-electron chi connectivity index (χ4n) is 9.00. The molecular formula is C67H118O6. The highest BCUT2D eigenvalue weighted by Crippen LogP contribution is 2.17. The Morgan fingerprint density at radius 2 is 0.548 bits per heavy atom. The molecule has 0 rings (SSSR count). The Morgan fingerprint density at radius 3 is 0.904 bits per heavy atom. The van der Waals surface area contributed by atoms with Gasteiger partial charge in [0.1, 0.15) is 13.2 Å². The summed E-state index contributed by atoms with van der Waals surface area (Å²) in [5.74, 6) is -0.941. The van der Waals surface area contributed by atoms with E-state index in [9.17, 15) is 14.4 Å². The van der Waals surface area contributed by atoms with Crippen molar-refractivity contribution in [3.63, 3.8) is 0 Å². The Hall–Kier alpha value is -3.15. The van der Waals surface area contributed by atoms with Crippen LogP contribution in [0.5, 0.6) is 0 Å². The molecule has 0 aliphatic rings. The standard InChI is InChI=1S/C67H118O6/c1-4-7-10-13-16-19-22-25-28-31-33-36-39-42-45-48-51-54-57-60-66(69)72-63-64(62-71-65(68)59-56-53-50-47-44-41-38-35-30-27-24-21-18-15-12-9-6-3)73-67(70)61-58-55-52-49-46-43-40-37-34-32-29-26-23-20-17-14-11-8-5-2/h9,12,18,21,27,30-31,33,38,41,47,50,64H,4-8,10-11,13-17,19-20,22-26,28-29,32,34-37,39-40,42-46,48-49,51-63H2,1-3H3/b12-9-,21-18-,30-27-,33-31-,41-38-,50-47-. The van der Waals surface area contributed by atoms with Crippen molar-refractivity contribution in [2.75, 3.05) is 13.2 Å². The molecule has 6 nitrogen and oxygen atoms in total. The van der Waals surface area contributed by atoms with Gasteiger partial charge < -0.3 is 14.2 Å². The first kappa shape index (κ1) is 69.8. The van der Waals surface area contributed by atoms with Crippen molar-refractivity contribution in [1.82, 2.24) is 0 Å². The van der Waals surface area contributed by atoms with Gasteiger partial charge in [0.15, 0.2) is 6.10 Å². The van der Waals surface area contributed by atoms with Gasteiger partial charge in [0, 0.05) is 19.3 Å². The fourth-order valence-corrected chi connectivity index (χ4v) is 9.00. The molecule has 0 bridgehead atoms. The molecule has 1 unspecified atom stereocenters. The van der Waals surface area contributed by atoms with E-state index in [-0.39, 0.29) is 37.5 Å². The summed E-state index contributed by atoms with van der Waals surface area (Å²) >= 11 is 0. The van der Waals surface area contributed by atoms with E-state index >= 15 is 0 Å². The average molecular weight is 1020 g/mol. The minimum absolute atomic E-state index is 0.0926. The molecule has 0 aliphatic heterocycles. The fraction of sp³-hybridized carbons (Fsp3) is 0.776. The zero-order chi connectivity index (χ0) is 52.9. The number of ether oxygens (including phenoxy) is 3. The monoisotopic (exact) mass is 1020 g/mol. The van der Waals surface area contributed by atoms with Crippen molar-refractivity contribution in [2.45, 2.75) is 322 Å². The minimum Gasteiger partial charge on any atom is -0.462 e. The SMILES string of the molecule is CC/C=C\C/C=C\C/C=C\C/C=C\C/C=C\CCCC(=O)OCC(COC(=O)CCCCCCCCC/C=C\CCCCCCCCCC)OC(=O)CCCCCCCCCCCCCCCCCCCCC. The van der Waals surface area contributed by atoms with Crippen LogP contribution in [-0.2, 0) is 28.6 Å². The molecule has 0 aromatic carbocycles. The molecule has 0 fully saturated rings. The minimum atomic E-state index is -0.799. The van der Waals surface area contributed by atoms with Crippen LogP contribution >= 0.6 is 0 Å². The van der Waals surface area contributed by atoms with Crippen molar-refractivity contribution in [3.05, 3.63) is 72.9 Å². The summed E-state index contributed by atoms with van der Waals surface area (Å²) in [6.45, 7) is 6.52. The van der Waals surface area contributed by atoms with Gasteiger partial charge in [0.2, 0.25) is 0 Å². The molecular weight excluding hydrogens is 901 g/mol. The predicted octanol–water partition coefficient (Wildman–Crippen LogP) is 21.3. The molecule has 0 saturated carbocycles. The van der Waals surface area contributed by atoms with E-state index in [4.69, 9.17) is 14.2 Å². The van der Waals surface area contributed by atoms with E-state index in [1.165, 1.54) is 193 Å². The third-order valence-electron chi connectivity index (χ3n) is 13.7. The second kappa shape index (κ2) is 61.4. The van der Waals surface area contributed by atoms with E-state index in [1.807, 2.05) is 0 Å². The first-order valence-electron chi connectivity index (χ1n) is 31.4. The Labute approximate surface area is 453 Å². The van der Waals surface area contributed by atoms with Crippen LogP contribution in [-0.4, -0.2) is 37.2 Å². The third-order valence-corrected chi connectivity index (χ3v) is 13.7. The molecule has 0 saturated heterocycles. The van der Waals surface area contributed by atoms with Gasteiger partial charge >= 0.3 is 17.9 Å². The van der Waals surface area contributed by atoms with Gasteiger partial charge in [-0.1, -0.05) is 286 Å². The van der Waals surface area contributed by atoms with Gasteiger partial charge in [-0.2, -0.15) is 0 Å². The second-order valence-corrected chi connectivity index (χ2v) is 20.9. The maximum Gasteiger partial charge on any atom is 0.306 e. The molecule has 0 spiro atoms. The molecule has 73 heavy (non-hydrogen) atoms. The van der Waals surface area contributed by atoms with Crippen LogP contribution in [0.25, 0.3) is 0 Å². The van der Waals surface area contributed by atoms with Crippen LogP contribution in [0.4, 0.5) is 0 Å². The molecule has 0 radical (unpaired) electrons. The van der Waals surface area contributed by atoms with Crippen LogP contribution in [0.1, 0.15) is 316 Å². The molecule has 1 atom stereocenters. The lowest BCUT2D eigenvalue weighted by Gasteiger charge is -2.18. The van der Waals surface area contributed by atoms with Crippen LogP contribution in [0.15, 0.2) is 72.9 Å². The van der Waals surface area contributed by atoms with E-state index in [0.717, 1.165) is 77.0 Å². The van der Waals surface area contributed by atoms with E-state index in [0.29, 0.717) is 19.3 Å². The molecule has 0 aliphatic carbocycles. The van der Waals surface area contributed by atoms with Crippen molar-refractivity contribution >= 4 is 17.9 Å². The molecule has 6 heteroatoms. The van der Waals surface area contributed by atoms with Crippen molar-refractivity contribution in [1.29, 1.82) is 0 Å². The third kappa shape index (κ3) is 59.6. The van der Waals surface area contributed by atoms with Gasteiger partial charge in [-0.05, 0) is 83.5 Å². The molecule has 0 heterocycles. The summed E-state index contributed by atoms with van der Waals surface area (Å²) in [4.78, 5) is 38.3. The van der Waals surface area contributed by atoms with Crippen molar-refractivity contribution < 1.29 is 28.6 Å². The number of carbonyl (C=O) groups is 3. The highest BCUT2D eigenvalue weighted by atomic mass is 16.6. The quantitative estimate of drug-likeness (QED) is 0.0261. The maximum absolute atomic E-state index is 12.9. The maximum atomic E-state index is 12.9. The number of unbranched alkanes of at least 4 members (excludes halogenated alkanes) is 34. The lowest BCUT2D eigenvalue weighted by atomic mass is 10.0. The Morgan fingerprint density at radius 1 is 0.288 bits per heavy atom. The van der Waals surface area contributed by atoms with Crippen LogP contribution in [0, 0.1) is 0 Å². The number of carbonyl (C=O) groups excluding carboxylic acids is 3. The molecule has 422 valence electrons. The molecule has 0 aromatic rings. The lowest BCUT2D eigenvalue weighted by molar-refractivity contribution is -0.167. The molecule has 0 N–H and O–H groups in total. The Bertz CT molecular complexity index is 1360. The smallest absolute Gasteiger partial charge is 0.306 e. The van der Waals surface area contributed by atoms with Crippen LogP contribution in [0.3, 0.4) is 0 Å². The highest BCUT2D eigenvalue weighted by molar-refractivity contribution is 5.71. The van der Waals surface area contributed by atoms with Gasteiger partial charge in [-0.3, -0.25) is 14.4 Å². The number of hydrogen-bond donors (Lipinski definition) is 0. The molecule has 0 aromatic heterocycles. The molecule has 0 amide bonds. The summed E-state index contributed by atoms with van der Waals surface area (Å²) < 4.78 is 16.9. The number of allylic oxidation sites excluding steroid dienone is 12. The Kier molecular flexibility index (Phi) is 58.7. The number of esters is 3. The van der Waals surface area contributed by atoms with E-state index < -0.39 is 6.10 Å². The van der Waals surface area contributed by atoms with Crippen LogP contribution < -0.4 is 0 Å². The van der Waals surface area contributed by atoms with Crippen LogP contribution in [0.2, 0.25) is 0 Å². The summed E-state index contributed by atoms with van der Waals surface area (Å²) in [6.07, 6.45) is 79.1. The zero-order valence-electron chi connectivity index (χ0n) is 48.4. The van der Waals surface area contributed by atoms with Crippen molar-refractivity contribution in [3.8, 4) is 0 Å². The number of rotatable bonds is 57. The average Bonchev–Trinajstić information content (AvgIpc) is 3.39. The zero-order valence-corrected chi connectivity index (χ0v) is 48.4. The summed E-state index contributed by atoms with van der Waals surface area (Å²) in [5.41, 5.74) is 0. The highest BCUT2D eigenvalue weighted by Gasteiger charge is 2.19. The number of hydrogen-bond acceptors (Lipinski definition) is 6. The Balaban J connectivity index is 4.42. The summed E-state index contributed by atoms with van der Waals surface area (Å²) in [6, 6.07) is 0. The summed E-state index contributed by atoms with van der Waals surface area (Å²) in [5, 5.41) is 0. The first-order chi connectivity index (χ1) is 36.0. The summed E-state index contributed by atoms with van der Waals surface area (Å²) in [7, 11) is 0. The van der Waals surface area contributed by atoms with Gasteiger partial charge in [-0.25, -0.2) is 0 Å². The largest absolute Gasteiger partial charge is 0.462 e. The van der Waals surface area contributed by atoms with Gasteiger partial charge in [-0.15, -0.1) is 0 Å². The van der Waals surface area contributed by atoms with E-state index in [2.05, 4.69) is 93.7 Å². The first-order valence-corrected chi connectivity index (χ1v) is 31.4. The van der Waals surface area contributed by atoms with Gasteiger partial charge in [0.05, 0.1) is 0 Å².